The summed E-state index contributed by atoms with van der Waals surface area (Å²) in [6.07, 6.45) is 2.76. The molecule has 32 heavy (non-hydrogen) atoms. The number of nitriles is 1. The van der Waals surface area contributed by atoms with E-state index in [9.17, 15) is 9.59 Å². The van der Waals surface area contributed by atoms with Gasteiger partial charge in [0.1, 0.15) is 6.07 Å². The van der Waals surface area contributed by atoms with Crippen LogP contribution in [-0.4, -0.2) is 43.7 Å². The molecule has 0 aliphatic heterocycles. The van der Waals surface area contributed by atoms with Gasteiger partial charge in [0.2, 0.25) is 0 Å². The van der Waals surface area contributed by atoms with Crippen LogP contribution in [0.5, 0.6) is 11.5 Å². The van der Waals surface area contributed by atoms with Gasteiger partial charge in [-0.3, -0.25) is 9.69 Å². The molecule has 0 aliphatic carbocycles. The van der Waals surface area contributed by atoms with Crippen molar-refractivity contribution in [2.24, 2.45) is 0 Å². The number of fused-ring (bicyclic) bond motifs is 1. The number of anilines is 1. The van der Waals surface area contributed by atoms with E-state index in [0.29, 0.717) is 28.7 Å². The fourth-order valence-electron chi connectivity index (χ4n) is 2.83. The van der Waals surface area contributed by atoms with Gasteiger partial charge in [-0.25, -0.2) is 9.78 Å². The highest BCUT2D eigenvalue weighted by Crippen LogP contribution is 2.29. The predicted molar refractivity (Wildman–Crippen MR) is 122 cm³/mol. The largest absolute Gasteiger partial charge is 0.493 e. The summed E-state index contributed by atoms with van der Waals surface area (Å²) in [4.78, 5) is 30.6. The second-order valence-electron chi connectivity index (χ2n) is 6.40. The predicted octanol–water partition coefficient (Wildman–Crippen LogP) is 3.82. The molecule has 1 heterocycles. The van der Waals surface area contributed by atoms with Crippen molar-refractivity contribution in [2.75, 3.05) is 31.8 Å². The third-order valence-electron chi connectivity index (χ3n) is 4.36. The summed E-state index contributed by atoms with van der Waals surface area (Å²) in [5.41, 5.74) is 1.48. The Hall–Kier alpha value is -3.90. The molecule has 0 aliphatic rings. The minimum atomic E-state index is -0.650. The quantitative estimate of drug-likeness (QED) is 0.360. The minimum Gasteiger partial charge on any atom is -0.493 e. The van der Waals surface area contributed by atoms with Crippen molar-refractivity contribution < 1.29 is 23.8 Å². The van der Waals surface area contributed by atoms with E-state index in [-0.39, 0.29) is 12.5 Å². The van der Waals surface area contributed by atoms with Gasteiger partial charge in [-0.2, -0.15) is 5.26 Å². The van der Waals surface area contributed by atoms with E-state index in [2.05, 4.69) is 4.98 Å². The number of aromatic nitrogens is 1. The number of benzene rings is 2. The Kier molecular flexibility index (Phi) is 7.78. The maximum atomic E-state index is 12.6. The Balaban J connectivity index is 1.59. The smallest absolute Gasteiger partial charge is 0.331 e. The van der Waals surface area contributed by atoms with Crippen molar-refractivity contribution >= 4 is 44.6 Å². The van der Waals surface area contributed by atoms with Gasteiger partial charge in [0.05, 0.1) is 17.3 Å². The maximum Gasteiger partial charge on any atom is 0.331 e. The third-order valence-corrected chi connectivity index (χ3v) is 5.42. The second kappa shape index (κ2) is 10.9. The van der Waals surface area contributed by atoms with Crippen molar-refractivity contribution in [3.8, 4) is 17.6 Å². The Labute approximate surface area is 189 Å². The Morgan fingerprint density at radius 3 is 2.75 bits per heavy atom. The zero-order valence-corrected chi connectivity index (χ0v) is 18.4. The van der Waals surface area contributed by atoms with Crippen LogP contribution in [0.1, 0.15) is 12.5 Å². The van der Waals surface area contributed by atoms with Gasteiger partial charge < -0.3 is 14.2 Å². The van der Waals surface area contributed by atoms with Crippen LogP contribution in [0.2, 0.25) is 0 Å². The zero-order chi connectivity index (χ0) is 22.9. The monoisotopic (exact) mass is 451 g/mol. The van der Waals surface area contributed by atoms with Gasteiger partial charge in [-0.05, 0) is 42.8 Å². The molecule has 0 atom stereocenters. The maximum absolute atomic E-state index is 12.6. The van der Waals surface area contributed by atoms with E-state index in [1.807, 2.05) is 37.3 Å². The third kappa shape index (κ3) is 5.62. The average Bonchev–Trinajstić information content (AvgIpc) is 3.24. The standard InChI is InChI=1S/C23H21N3O5S/c1-3-26(23-25-17-6-4-5-7-20(17)32-23)21(27)15-31-22(28)11-9-16-8-10-18(30-13-12-24)19(14-16)29-2/h4-11,14H,3,13,15H2,1-2H3. The van der Waals surface area contributed by atoms with E-state index in [1.165, 1.54) is 35.5 Å². The van der Waals surface area contributed by atoms with Gasteiger partial charge >= 0.3 is 5.97 Å². The highest BCUT2D eigenvalue weighted by Gasteiger charge is 2.19. The number of esters is 1. The van der Waals surface area contributed by atoms with Crippen molar-refractivity contribution in [3.05, 3.63) is 54.1 Å². The first-order chi connectivity index (χ1) is 15.5. The van der Waals surface area contributed by atoms with Crippen LogP contribution in [0.3, 0.4) is 0 Å². The van der Waals surface area contributed by atoms with Crippen LogP contribution in [0.4, 0.5) is 5.13 Å². The lowest BCUT2D eigenvalue weighted by molar-refractivity contribution is -0.142. The van der Waals surface area contributed by atoms with Crippen LogP contribution in [0, 0.1) is 11.3 Å². The van der Waals surface area contributed by atoms with E-state index < -0.39 is 12.6 Å². The van der Waals surface area contributed by atoms with Crippen LogP contribution in [-0.2, 0) is 14.3 Å². The molecule has 0 bridgehead atoms. The van der Waals surface area contributed by atoms with Crippen LogP contribution in [0.15, 0.2) is 48.5 Å². The molecule has 8 nitrogen and oxygen atoms in total. The number of hydrogen-bond donors (Lipinski definition) is 0. The first-order valence-corrected chi connectivity index (χ1v) is 10.6. The zero-order valence-electron chi connectivity index (χ0n) is 17.6. The number of rotatable bonds is 9. The first kappa shape index (κ1) is 22.8. The van der Waals surface area contributed by atoms with Crippen molar-refractivity contribution in [3.63, 3.8) is 0 Å². The normalized spacial score (nSPS) is 10.7. The van der Waals surface area contributed by atoms with E-state index in [0.717, 1.165) is 10.2 Å². The number of carbonyl (C=O) groups excluding carboxylic acids is 2. The molecule has 0 radical (unpaired) electrons. The number of carbonyl (C=O) groups is 2. The van der Waals surface area contributed by atoms with Crippen molar-refractivity contribution in [1.29, 1.82) is 5.26 Å². The lowest BCUT2D eigenvalue weighted by Gasteiger charge is -2.17. The molecule has 1 amide bonds. The number of hydrogen-bond acceptors (Lipinski definition) is 8. The molecule has 9 heteroatoms. The Morgan fingerprint density at radius 2 is 2.03 bits per heavy atom. The Bertz CT molecular complexity index is 1150. The Morgan fingerprint density at radius 1 is 1.22 bits per heavy atom. The highest BCUT2D eigenvalue weighted by atomic mass is 32.1. The first-order valence-electron chi connectivity index (χ1n) is 9.74. The summed E-state index contributed by atoms with van der Waals surface area (Å²) in [6, 6.07) is 14.5. The van der Waals surface area contributed by atoms with Crippen molar-refractivity contribution in [1.82, 2.24) is 4.98 Å². The SMILES string of the molecule is CCN(C(=O)COC(=O)C=Cc1ccc(OCC#N)c(OC)c1)c1nc2ccccc2s1. The molecule has 0 unspecified atom stereocenters. The fraction of sp³-hybridized carbons (Fsp3) is 0.217. The number of methoxy groups -OCH3 is 1. The van der Waals surface area contributed by atoms with Gasteiger partial charge in [-0.15, -0.1) is 0 Å². The second-order valence-corrected chi connectivity index (χ2v) is 7.41. The molecule has 2 aromatic carbocycles. The van der Waals surface area contributed by atoms with Gasteiger partial charge in [0, 0.05) is 12.6 Å². The summed E-state index contributed by atoms with van der Waals surface area (Å²) >= 11 is 1.41. The van der Waals surface area contributed by atoms with Gasteiger partial charge in [-0.1, -0.05) is 29.5 Å². The summed E-state index contributed by atoms with van der Waals surface area (Å²) in [5, 5.41) is 9.19. The number of amides is 1. The number of nitrogens with zero attached hydrogens (tertiary/aromatic N) is 3. The molecule has 0 N–H and O–H groups in total. The number of likely N-dealkylation sites (N-methyl/N-ethyl adjacent to an activating group) is 1. The molecular formula is C23H21N3O5S. The summed E-state index contributed by atoms with van der Waals surface area (Å²) in [6.45, 7) is 1.75. The van der Waals surface area contributed by atoms with Crippen LogP contribution < -0.4 is 14.4 Å². The minimum absolute atomic E-state index is 0.0995. The van der Waals surface area contributed by atoms with E-state index in [1.54, 1.807) is 18.2 Å². The average molecular weight is 452 g/mol. The van der Waals surface area contributed by atoms with Gasteiger partial charge in [0.25, 0.3) is 5.91 Å². The molecule has 164 valence electrons. The number of thiazole rings is 1. The molecule has 0 saturated carbocycles. The molecule has 0 spiro atoms. The summed E-state index contributed by atoms with van der Waals surface area (Å²) in [5.74, 6) is -0.148. The number of para-hydroxylation sites is 1. The number of ether oxygens (including phenoxy) is 3. The molecule has 3 rings (SSSR count). The molecular weight excluding hydrogens is 430 g/mol. The summed E-state index contributed by atoms with van der Waals surface area (Å²) in [7, 11) is 1.48. The van der Waals surface area contributed by atoms with E-state index >= 15 is 0 Å². The van der Waals surface area contributed by atoms with Gasteiger partial charge in [0.15, 0.2) is 29.8 Å². The topological polar surface area (TPSA) is 102 Å². The van der Waals surface area contributed by atoms with E-state index in [4.69, 9.17) is 19.5 Å². The summed E-state index contributed by atoms with van der Waals surface area (Å²) < 4.78 is 16.6. The fourth-order valence-corrected chi connectivity index (χ4v) is 3.88. The van der Waals surface area contributed by atoms with Crippen LogP contribution >= 0.6 is 11.3 Å². The lowest BCUT2D eigenvalue weighted by atomic mass is 10.2. The molecule has 3 aromatic rings. The molecule has 0 fully saturated rings. The van der Waals surface area contributed by atoms with Crippen molar-refractivity contribution in [2.45, 2.75) is 6.92 Å². The van der Waals surface area contributed by atoms with Crippen LogP contribution in [0.25, 0.3) is 16.3 Å². The molecule has 1 aromatic heterocycles. The lowest BCUT2D eigenvalue weighted by Crippen LogP contribution is -2.34. The molecule has 0 saturated heterocycles. The highest BCUT2D eigenvalue weighted by molar-refractivity contribution is 7.22.